The lowest BCUT2D eigenvalue weighted by Crippen LogP contribution is -2.65. The largest absolute Gasteiger partial charge is 0.497 e. The number of rotatable bonds is 2. The first-order valence-electron chi connectivity index (χ1n) is 7.84. The van der Waals surface area contributed by atoms with E-state index in [1.807, 2.05) is 31.2 Å². The van der Waals surface area contributed by atoms with Gasteiger partial charge >= 0.3 is 6.03 Å². The highest BCUT2D eigenvalue weighted by molar-refractivity contribution is 6.35. The third kappa shape index (κ3) is 2.58. The molecular formula is C18H16Cl2N2O3. The van der Waals surface area contributed by atoms with Crippen LogP contribution in [0.5, 0.6) is 11.5 Å². The van der Waals surface area contributed by atoms with Crippen LogP contribution in [0.2, 0.25) is 10.0 Å². The van der Waals surface area contributed by atoms with Gasteiger partial charge in [-0.05, 0) is 43.3 Å². The number of methoxy groups -OCH3 is 1. The number of carbonyl (C=O) groups is 1. The van der Waals surface area contributed by atoms with Crippen LogP contribution in [0, 0.1) is 0 Å². The van der Waals surface area contributed by atoms with Gasteiger partial charge in [-0.25, -0.2) is 4.79 Å². The van der Waals surface area contributed by atoms with Gasteiger partial charge in [-0.1, -0.05) is 23.2 Å². The number of nitrogens with one attached hydrogen (secondary N) is 1. The maximum Gasteiger partial charge on any atom is 0.325 e. The smallest absolute Gasteiger partial charge is 0.325 e. The molecule has 2 aromatic rings. The molecule has 2 atom stereocenters. The summed E-state index contributed by atoms with van der Waals surface area (Å²) in [6, 6.07) is 10.3. The van der Waals surface area contributed by atoms with E-state index in [1.54, 1.807) is 24.1 Å². The summed E-state index contributed by atoms with van der Waals surface area (Å²) in [6.45, 7) is 1.89. The molecule has 2 aromatic carbocycles. The topological polar surface area (TPSA) is 50.8 Å². The van der Waals surface area contributed by atoms with E-state index in [1.165, 1.54) is 0 Å². The fourth-order valence-electron chi connectivity index (χ4n) is 3.51. The SMILES string of the molecule is COc1ccc(N2C(=O)N[C@@H]3C[C@]2(C)Oc2c(Cl)cc(Cl)cc23)cc1. The molecule has 1 N–H and O–H groups in total. The number of amides is 2. The number of halogens is 2. The van der Waals surface area contributed by atoms with E-state index in [0.717, 1.165) is 11.3 Å². The van der Waals surface area contributed by atoms with Crippen LogP contribution in [-0.4, -0.2) is 18.9 Å². The fraction of sp³-hybridized carbons (Fsp3) is 0.278. The molecule has 0 spiro atoms. The molecule has 5 nitrogen and oxygen atoms in total. The van der Waals surface area contributed by atoms with Crippen molar-refractivity contribution in [2.24, 2.45) is 0 Å². The van der Waals surface area contributed by atoms with Gasteiger partial charge in [0.1, 0.15) is 11.5 Å². The molecule has 2 amide bonds. The Hall–Kier alpha value is -2.11. The van der Waals surface area contributed by atoms with Crippen molar-refractivity contribution in [2.75, 3.05) is 12.0 Å². The van der Waals surface area contributed by atoms with Crippen LogP contribution in [0.1, 0.15) is 24.9 Å². The van der Waals surface area contributed by atoms with Gasteiger partial charge in [0.05, 0.1) is 18.2 Å². The highest BCUT2D eigenvalue weighted by atomic mass is 35.5. The number of anilines is 1. The maximum absolute atomic E-state index is 12.8. The number of urea groups is 1. The summed E-state index contributed by atoms with van der Waals surface area (Å²) >= 11 is 12.4. The second-order valence-electron chi connectivity index (χ2n) is 6.32. The normalized spacial score (nSPS) is 24.2. The molecular weight excluding hydrogens is 363 g/mol. The molecule has 2 aliphatic heterocycles. The third-order valence-electron chi connectivity index (χ3n) is 4.62. The van der Waals surface area contributed by atoms with Crippen LogP contribution in [0.25, 0.3) is 0 Å². The van der Waals surface area contributed by atoms with Crippen LogP contribution in [0.3, 0.4) is 0 Å². The molecule has 0 aliphatic carbocycles. The van der Waals surface area contributed by atoms with E-state index in [4.69, 9.17) is 32.7 Å². The Morgan fingerprint density at radius 2 is 2.00 bits per heavy atom. The van der Waals surface area contributed by atoms with E-state index < -0.39 is 5.72 Å². The minimum absolute atomic E-state index is 0.202. The van der Waals surface area contributed by atoms with Crippen LogP contribution in [0.15, 0.2) is 36.4 Å². The van der Waals surface area contributed by atoms with E-state index in [2.05, 4.69) is 5.32 Å². The van der Waals surface area contributed by atoms with Gasteiger partial charge in [-0.2, -0.15) is 0 Å². The zero-order valence-corrected chi connectivity index (χ0v) is 15.2. The first-order valence-corrected chi connectivity index (χ1v) is 8.59. The van der Waals surface area contributed by atoms with Crippen molar-refractivity contribution in [3.05, 3.63) is 52.0 Å². The predicted octanol–water partition coefficient (Wildman–Crippen LogP) is 4.77. The Bertz CT molecular complexity index is 856. The first kappa shape index (κ1) is 16.4. The molecule has 130 valence electrons. The summed E-state index contributed by atoms with van der Waals surface area (Å²) in [5, 5.41) is 3.97. The number of carbonyl (C=O) groups excluding carboxylic acids is 1. The van der Waals surface area contributed by atoms with Crippen molar-refractivity contribution < 1.29 is 14.3 Å². The number of nitrogens with zero attached hydrogens (tertiary/aromatic N) is 1. The van der Waals surface area contributed by atoms with Crippen LogP contribution >= 0.6 is 23.2 Å². The van der Waals surface area contributed by atoms with Gasteiger partial charge in [0.2, 0.25) is 0 Å². The van der Waals surface area contributed by atoms with Crippen molar-refractivity contribution in [1.29, 1.82) is 0 Å². The molecule has 0 unspecified atom stereocenters. The standard InChI is InChI=1S/C18H16Cl2N2O3/c1-18-9-15(13-7-10(19)8-14(20)16(13)25-18)21-17(23)22(18)11-3-5-12(24-2)6-4-11/h3-8,15H,9H2,1-2H3,(H,21,23)/t15-,18+/m1/s1. The average molecular weight is 379 g/mol. The lowest BCUT2D eigenvalue weighted by molar-refractivity contribution is 0.0380. The van der Waals surface area contributed by atoms with Gasteiger partial charge in [0.15, 0.2) is 5.72 Å². The molecule has 0 saturated carbocycles. The van der Waals surface area contributed by atoms with Crippen molar-refractivity contribution in [1.82, 2.24) is 5.32 Å². The lowest BCUT2D eigenvalue weighted by atomic mass is 9.90. The molecule has 2 aliphatic rings. The molecule has 0 radical (unpaired) electrons. The molecule has 4 rings (SSSR count). The van der Waals surface area contributed by atoms with Crippen molar-refractivity contribution in [3.8, 4) is 11.5 Å². The van der Waals surface area contributed by atoms with Crippen molar-refractivity contribution in [3.63, 3.8) is 0 Å². The van der Waals surface area contributed by atoms with Gasteiger partial charge in [0.25, 0.3) is 0 Å². The lowest BCUT2D eigenvalue weighted by Gasteiger charge is -2.50. The highest BCUT2D eigenvalue weighted by Gasteiger charge is 2.50. The minimum Gasteiger partial charge on any atom is -0.497 e. The van der Waals surface area contributed by atoms with E-state index in [0.29, 0.717) is 27.9 Å². The second kappa shape index (κ2) is 5.71. The van der Waals surface area contributed by atoms with Gasteiger partial charge in [-0.3, -0.25) is 4.90 Å². The zero-order valence-electron chi connectivity index (χ0n) is 13.7. The molecule has 25 heavy (non-hydrogen) atoms. The van der Waals surface area contributed by atoms with Crippen molar-refractivity contribution in [2.45, 2.75) is 25.1 Å². The summed E-state index contributed by atoms with van der Waals surface area (Å²) in [6.07, 6.45) is 0.578. The maximum atomic E-state index is 12.8. The monoisotopic (exact) mass is 378 g/mol. The fourth-order valence-corrected chi connectivity index (χ4v) is 4.06. The molecule has 2 bridgehead atoms. The summed E-state index contributed by atoms with van der Waals surface area (Å²) in [5.41, 5.74) is 0.664. The van der Waals surface area contributed by atoms with E-state index in [-0.39, 0.29) is 12.1 Å². The quantitative estimate of drug-likeness (QED) is 0.818. The molecule has 1 fully saturated rings. The Kier molecular flexibility index (Phi) is 3.74. The Morgan fingerprint density at radius 3 is 2.68 bits per heavy atom. The van der Waals surface area contributed by atoms with Crippen molar-refractivity contribution >= 4 is 34.9 Å². The third-order valence-corrected chi connectivity index (χ3v) is 5.12. The van der Waals surface area contributed by atoms with E-state index >= 15 is 0 Å². The van der Waals surface area contributed by atoms with Gasteiger partial charge in [-0.15, -0.1) is 0 Å². The first-order chi connectivity index (χ1) is 11.9. The van der Waals surface area contributed by atoms with E-state index in [9.17, 15) is 4.79 Å². The summed E-state index contributed by atoms with van der Waals surface area (Å²) < 4.78 is 11.4. The highest BCUT2D eigenvalue weighted by Crippen LogP contribution is 2.49. The predicted molar refractivity (Wildman–Crippen MR) is 96.9 cm³/mol. The molecule has 0 aromatic heterocycles. The van der Waals surface area contributed by atoms with Gasteiger partial charge < -0.3 is 14.8 Å². The summed E-state index contributed by atoms with van der Waals surface area (Å²) in [5.74, 6) is 1.28. The summed E-state index contributed by atoms with van der Waals surface area (Å²) in [7, 11) is 1.60. The van der Waals surface area contributed by atoms with Gasteiger partial charge in [0, 0.05) is 22.7 Å². The van der Waals surface area contributed by atoms with Crippen LogP contribution in [0.4, 0.5) is 10.5 Å². The average Bonchev–Trinajstić information content (AvgIpc) is 2.56. The number of ether oxygens (including phenoxy) is 2. The molecule has 1 saturated heterocycles. The Balaban J connectivity index is 1.78. The second-order valence-corrected chi connectivity index (χ2v) is 7.17. The molecule has 7 heteroatoms. The Labute approximate surface area is 155 Å². The summed E-state index contributed by atoms with van der Waals surface area (Å²) in [4.78, 5) is 14.4. The zero-order chi connectivity index (χ0) is 17.8. The number of hydrogen-bond acceptors (Lipinski definition) is 3. The minimum atomic E-state index is -0.855. The number of hydrogen-bond donors (Lipinski definition) is 1. The number of benzene rings is 2. The van der Waals surface area contributed by atoms with Crippen LogP contribution < -0.4 is 19.7 Å². The Morgan fingerprint density at radius 1 is 1.28 bits per heavy atom. The number of fused-ring (bicyclic) bond motifs is 4. The van der Waals surface area contributed by atoms with Crippen LogP contribution in [-0.2, 0) is 0 Å². The molecule has 2 heterocycles.